The standard InChI is InChI=1S/C20H19ClF3N3O4S/c1-3-10-25-19(29)14-6-4-5-7-17(14)26-18(28)12-27(32(2,30)31)13-8-9-16(21)15(11-13)20(22,23)24/h3-9,11H,1,10,12H2,2H3,(H,25,29)(H,26,28). The Kier molecular flexibility index (Phi) is 7.92. The van der Waals surface area contributed by atoms with Crippen LogP contribution >= 0.6 is 11.6 Å². The van der Waals surface area contributed by atoms with Gasteiger partial charge in [0.2, 0.25) is 15.9 Å². The van der Waals surface area contributed by atoms with Crippen molar-refractivity contribution in [2.45, 2.75) is 6.18 Å². The molecule has 2 aromatic rings. The molecule has 0 aliphatic heterocycles. The van der Waals surface area contributed by atoms with Gasteiger partial charge in [0.15, 0.2) is 0 Å². The highest BCUT2D eigenvalue weighted by atomic mass is 35.5. The summed E-state index contributed by atoms with van der Waals surface area (Å²) in [5, 5.41) is 4.35. The largest absolute Gasteiger partial charge is 0.417 e. The second-order valence-electron chi connectivity index (χ2n) is 6.52. The van der Waals surface area contributed by atoms with Gasteiger partial charge in [-0.05, 0) is 30.3 Å². The number of amides is 2. The molecule has 2 rings (SSSR count). The van der Waals surface area contributed by atoms with E-state index in [0.717, 1.165) is 18.4 Å². The molecule has 0 heterocycles. The summed E-state index contributed by atoms with van der Waals surface area (Å²) in [5.41, 5.74) is -1.43. The molecule has 0 radical (unpaired) electrons. The monoisotopic (exact) mass is 489 g/mol. The fraction of sp³-hybridized carbons (Fsp3) is 0.200. The summed E-state index contributed by atoms with van der Waals surface area (Å²) < 4.78 is 64.5. The number of nitrogens with zero attached hydrogens (tertiary/aromatic N) is 1. The Labute approximate surface area is 187 Å². The third-order valence-electron chi connectivity index (χ3n) is 4.08. The van der Waals surface area contributed by atoms with Crippen LogP contribution in [0.4, 0.5) is 24.5 Å². The van der Waals surface area contributed by atoms with Crippen LogP contribution in [0, 0.1) is 0 Å². The van der Waals surface area contributed by atoms with Gasteiger partial charge >= 0.3 is 6.18 Å². The molecule has 0 fully saturated rings. The van der Waals surface area contributed by atoms with Crippen molar-refractivity contribution >= 4 is 44.8 Å². The zero-order chi connectivity index (χ0) is 24.1. The number of carbonyl (C=O) groups excluding carboxylic acids is 2. The van der Waals surface area contributed by atoms with Crippen molar-refractivity contribution in [3.05, 3.63) is 71.3 Å². The smallest absolute Gasteiger partial charge is 0.349 e. The van der Waals surface area contributed by atoms with Crippen LogP contribution < -0.4 is 14.9 Å². The van der Waals surface area contributed by atoms with Gasteiger partial charge in [0.25, 0.3) is 5.91 Å². The van der Waals surface area contributed by atoms with Crippen LogP contribution in [0.2, 0.25) is 5.02 Å². The highest BCUT2D eigenvalue weighted by Crippen LogP contribution is 2.37. The van der Waals surface area contributed by atoms with Crippen molar-refractivity contribution in [2.75, 3.05) is 29.0 Å². The van der Waals surface area contributed by atoms with Crippen LogP contribution in [0.25, 0.3) is 0 Å². The summed E-state index contributed by atoms with van der Waals surface area (Å²) in [5.74, 6) is -1.38. The number of anilines is 2. The fourth-order valence-corrected chi connectivity index (χ4v) is 3.73. The Morgan fingerprint density at radius 2 is 1.84 bits per heavy atom. The predicted octanol–water partition coefficient (Wildman–Crippen LogP) is 3.68. The minimum atomic E-state index is -4.82. The van der Waals surface area contributed by atoms with E-state index in [4.69, 9.17) is 11.6 Å². The Morgan fingerprint density at radius 3 is 2.44 bits per heavy atom. The minimum absolute atomic E-state index is 0.0969. The molecule has 0 aliphatic carbocycles. The average Bonchev–Trinajstić information content (AvgIpc) is 2.69. The zero-order valence-electron chi connectivity index (χ0n) is 16.7. The van der Waals surface area contributed by atoms with Gasteiger partial charge in [0.05, 0.1) is 33.8 Å². The van der Waals surface area contributed by atoms with Crippen LogP contribution in [0.1, 0.15) is 15.9 Å². The molecule has 32 heavy (non-hydrogen) atoms. The topological polar surface area (TPSA) is 95.6 Å². The highest BCUT2D eigenvalue weighted by Gasteiger charge is 2.34. The lowest BCUT2D eigenvalue weighted by Crippen LogP contribution is -2.38. The predicted molar refractivity (Wildman–Crippen MR) is 116 cm³/mol. The number of para-hydroxylation sites is 1. The van der Waals surface area contributed by atoms with Crippen LogP contribution in [0.5, 0.6) is 0 Å². The molecule has 0 atom stereocenters. The third-order valence-corrected chi connectivity index (χ3v) is 5.55. The van der Waals surface area contributed by atoms with Gasteiger partial charge in [-0.25, -0.2) is 8.42 Å². The molecular weight excluding hydrogens is 471 g/mol. The van der Waals surface area contributed by atoms with E-state index in [-0.39, 0.29) is 17.8 Å². The minimum Gasteiger partial charge on any atom is -0.349 e. The lowest BCUT2D eigenvalue weighted by Gasteiger charge is -2.23. The number of hydrogen-bond donors (Lipinski definition) is 2. The third kappa shape index (κ3) is 6.47. The van der Waals surface area contributed by atoms with Gasteiger partial charge in [-0.2, -0.15) is 13.2 Å². The summed E-state index contributed by atoms with van der Waals surface area (Å²) in [4.78, 5) is 24.8. The number of halogens is 4. The number of benzene rings is 2. The van der Waals surface area contributed by atoms with E-state index in [2.05, 4.69) is 17.2 Å². The molecule has 0 aromatic heterocycles. The molecule has 2 N–H and O–H groups in total. The molecule has 7 nitrogen and oxygen atoms in total. The molecule has 2 amide bonds. The summed E-state index contributed by atoms with van der Waals surface area (Å²) in [6.45, 7) is 2.83. The number of nitrogens with one attached hydrogen (secondary N) is 2. The molecule has 172 valence electrons. The van der Waals surface area contributed by atoms with E-state index in [1.807, 2.05) is 0 Å². The first kappa shape index (κ1) is 25.2. The first-order valence-corrected chi connectivity index (χ1v) is 11.2. The molecule has 0 saturated carbocycles. The maximum Gasteiger partial charge on any atom is 0.417 e. The van der Waals surface area contributed by atoms with Gasteiger partial charge in [0, 0.05) is 6.54 Å². The van der Waals surface area contributed by atoms with E-state index in [0.29, 0.717) is 10.4 Å². The maximum atomic E-state index is 13.2. The molecule has 0 bridgehead atoms. The Hall–Kier alpha value is -3.05. The summed E-state index contributed by atoms with van der Waals surface area (Å²) in [6.07, 6.45) is -2.61. The molecule has 0 saturated heterocycles. The SMILES string of the molecule is C=CCNC(=O)c1ccccc1NC(=O)CN(c1ccc(Cl)c(C(F)(F)F)c1)S(C)(=O)=O. The van der Waals surface area contributed by atoms with E-state index < -0.39 is 50.8 Å². The van der Waals surface area contributed by atoms with Crippen LogP contribution in [-0.2, 0) is 21.0 Å². The molecule has 2 aromatic carbocycles. The molecule has 0 spiro atoms. The second kappa shape index (κ2) is 10.0. The molecule has 12 heteroatoms. The second-order valence-corrected chi connectivity index (χ2v) is 8.84. The first-order chi connectivity index (χ1) is 14.8. The van der Waals surface area contributed by atoms with Crippen molar-refractivity contribution in [2.24, 2.45) is 0 Å². The number of rotatable bonds is 8. The molecular formula is C20H19ClF3N3O4S. The van der Waals surface area contributed by atoms with E-state index >= 15 is 0 Å². The normalized spacial score (nSPS) is 11.5. The lowest BCUT2D eigenvalue weighted by molar-refractivity contribution is -0.137. The fourth-order valence-electron chi connectivity index (χ4n) is 2.66. The van der Waals surface area contributed by atoms with Crippen molar-refractivity contribution in [3.8, 4) is 0 Å². The first-order valence-electron chi connectivity index (χ1n) is 8.97. The van der Waals surface area contributed by atoms with Gasteiger partial charge in [-0.15, -0.1) is 6.58 Å². The summed E-state index contributed by atoms with van der Waals surface area (Å²) in [6, 6.07) is 8.48. The summed E-state index contributed by atoms with van der Waals surface area (Å²) >= 11 is 5.58. The maximum absolute atomic E-state index is 13.2. The van der Waals surface area contributed by atoms with Crippen molar-refractivity contribution in [3.63, 3.8) is 0 Å². The van der Waals surface area contributed by atoms with Crippen molar-refractivity contribution < 1.29 is 31.2 Å². The molecule has 0 unspecified atom stereocenters. The molecule has 0 aliphatic rings. The summed E-state index contributed by atoms with van der Waals surface area (Å²) in [7, 11) is -4.15. The van der Waals surface area contributed by atoms with Crippen LogP contribution in [-0.4, -0.2) is 39.6 Å². The van der Waals surface area contributed by atoms with Gasteiger partial charge in [-0.3, -0.25) is 13.9 Å². The highest BCUT2D eigenvalue weighted by molar-refractivity contribution is 7.92. The van der Waals surface area contributed by atoms with Gasteiger partial charge in [-0.1, -0.05) is 29.8 Å². The van der Waals surface area contributed by atoms with Crippen molar-refractivity contribution in [1.29, 1.82) is 0 Å². The number of carbonyl (C=O) groups is 2. The van der Waals surface area contributed by atoms with Crippen LogP contribution in [0.3, 0.4) is 0 Å². The number of alkyl halides is 3. The zero-order valence-corrected chi connectivity index (χ0v) is 18.3. The average molecular weight is 490 g/mol. The Balaban J connectivity index is 2.33. The van der Waals surface area contributed by atoms with E-state index in [9.17, 15) is 31.2 Å². The number of hydrogen-bond acceptors (Lipinski definition) is 4. The van der Waals surface area contributed by atoms with E-state index in [1.165, 1.54) is 18.2 Å². The van der Waals surface area contributed by atoms with Gasteiger partial charge < -0.3 is 10.6 Å². The van der Waals surface area contributed by atoms with Gasteiger partial charge in [0.1, 0.15) is 6.54 Å². The number of sulfonamides is 1. The van der Waals surface area contributed by atoms with Crippen molar-refractivity contribution in [1.82, 2.24) is 5.32 Å². The Morgan fingerprint density at radius 1 is 1.19 bits per heavy atom. The lowest BCUT2D eigenvalue weighted by atomic mass is 10.1. The Bertz CT molecular complexity index is 1140. The quantitative estimate of drug-likeness (QED) is 0.553. The van der Waals surface area contributed by atoms with Crippen LogP contribution in [0.15, 0.2) is 55.1 Å². The van der Waals surface area contributed by atoms with E-state index in [1.54, 1.807) is 12.1 Å².